The van der Waals surface area contributed by atoms with Gasteiger partial charge in [0.15, 0.2) is 6.29 Å². The minimum Gasteiger partial charge on any atom is -0.300 e. The number of benzene rings is 1. The Labute approximate surface area is 88.5 Å². The van der Waals surface area contributed by atoms with Crippen molar-refractivity contribution in [2.45, 2.75) is 25.0 Å². The summed E-state index contributed by atoms with van der Waals surface area (Å²) in [7, 11) is 0. The van der Waals surface area contributed by atoms with Crippen LogP contribution in [-0.4, -0.2) is 16.2 Å². The number of halogens is 1. The summed E-state index contributed by atoms with van der Waals surface area (Å²) in [6.07, 6.45) is 0.792. The van der Waals surface area contributed by atoms with E-state index in [2.05, 4.69) is 12.1 Å². The third-order valence-electron chi connectivity index (χ3n) is 2.67. The fraction of sp³-hybridized carbons (Fsp3) is 0.364. The minimum absolute atomic E-state index is 0.759. The first-order valence-corrected chi connectivity index (χ1v) is 4.98. The predicted octanol–water partition coefficient (Wildman–Crippen LogP) is 2.16. The maximum Gasteiger partial charge on any atom is 0.155 e. The van der Waals surface area contributed by atoms with Crippen LogP contribution < -0.4 is 0 Å². The van der Waals surface area contributed by atoms with Crippen LogP contribution in [0.5, 0.6) is 0 Å². The van der Waals surface area contributed by atoms with Crippen molar-refractivity contribution in [3.05, 3.63) is 35.4 Å². The number of nitrogens with zero attached hydrogens (tertiary/aromatic N) is 1. The molecule has 1 unspecified atom stereocenters. The molecule has 3 heteroatoms. The summed E-state index contributed by atoms with van der Waals surface area (Å²) < 4.78 is 0. The average molecular weight is 210 g/mol. The lowest BCUT2D eigenvalue weighted by atomic mass is 10.1. The Hall–Kier alpha value is -0.860. The van der Waals surface area contributed by atoms with Gasteiger partial charge >= 0.3 is 0 Å². The van der Waals surface area contributed by atoms with Crippen LogP contribution in [-0.2, 0) is 17.9 Å². The largest absolute Gasteiger partial charge is 0.300 e. The van der Waals surface area contributed by atoms with Gasteiger partial charge in [0, 0.05) is 13.1 Å². The maximum absolute atomic E-state index is 10.8. The van der Waals surface area contributed by atoms with E-state index < -0.39 is 5.00 Å². The molecule has 0 bridgehead atoms. The Morgan fingerprint density at radius 1 is 1.36 bits per heavy atom. The molecule has 0 aliphatic carbocycles. The number of hydrogen-bond donors (Lipinski definition) is 0. The van der Waals surface area contributed by atoms with Crippen LogP contribution >= 0.6 is 11.6 Å². The number of rotatable bonds is 2. The van der Waals surface area contributed by atoms with Crippen molar-refractivity contribution in [3.8, 4) is 0 Å². The number of carbonyl (C=O) groups is 1. The molecular weight excluding hydrogens is 198 g/mol. The predicted molar refractivity (Wildman–Crippen MR) is 56.0 cm³/mol. The molecule has 0 aromatic heterocycles. The molecule has 1 aliphatic rings. The summed E-state index contributed by atoms with van der Waals surface area (Å²) in [4.78, 5) is 11.9. The van der Waals surface area contributed by atoms with E-state index in [1.807, 2.05) is 17.0 Å². The molecule has 74 valence electrons. The molecule has 14 heavy (non-hydrogen) atoms. The van der Waals surface area contributed by atoms with Crippen LogP contribution in [0.4, 0.5) is 0 Å². The zero-order valence-electron chi connectivity index (χ0n) is 8.03. The Morgan fingerprint density at radius 2 is 1.86 bits per heavy atom. The van der Waals surface area contributed by atoms with Crippen molar-refractivity contribution in [2.24, 2.45) is 0 Å². The van der Waals surface area contributed by atoms with E-state index in [-0.39, 0.29) is 0 Å². The number of hydrogen-bond acceptors (Lipinski definition) is 2. The molecule has 2 nitrogen and oxygen atoms in total. The first-order chi connectivity index (χ1) is 6.63. The van der Waals surface area contributed by atoms with E-state index in [1.54, 1.807) is 6.92 Å². The number of carbonyl (C=O) groups excluding carboxylic acids is 1. The van der Waals surface area contributed by atoms with Crippen LogP contribution in [0.3, 0.4) is 0 Å². The molecule has 0 spiro atoms. The quantitative estimate of drug-likeness (QED) is 0.423. The highest BCUT2D eigenvalue weighted by atomic mass is 35.5. The van der Waals surface area contributed by atoms with Gasteiger partial charge in [-0.1, -0.05) is 35.9 Å². The van der Waals surface area contributed by atoms with Gasteiger partial charge < -0.3 is 0 Å². The monoisotopic (exact) mass is 209 g/mol. The lowest BCUT2D eigenvalue weighted by Gasteiger charge is -2.26. The van der Waals surface area contributed by atoms with E-state index in [0.29, 0.717) is 0 Å². The second kappa shape index (κ2) is 3.37. The summed E-state index contributed by atoms with van der Waals surface area (Å²) in [6.45, 7) is 3.25. The molecule has 1 atom stereocenters. The van der Waals surface area contributed by atoms with E-state index >= 15 is 0 Å². The summed E-state index contributed by atoms with van der Waals surface area (Å²) in [6, 6.07) is 8.17. The number of alkyl halides is 1. The molecule has 0 radical (unpaired) electrons. The van der Waals surface area contributed by atoms with Gasteiger partial charge in [-0.25, -0.2) is 0 Å². The average Bonchev–Trinajstić information content (AvgIpc) is 2.61. The van der Waals surface area contributed by atoms with Gasteiger partial charge in [0.2, 0.25) is 0 Å². The fourth-order valence-corrected chi connectivity index (χ4v) is 1.84. The Morgan fingerprint density at radius 3 is 2.29 bits per heavy atom. The summed E-state index contributed by atoms with van der Waals surface area (Å²) in [5.74, 6) is 0. The highest BCUT2D eigenvalue weighted by Crippen LogP contribution is 2.30. The lowest BCUT2D eigenvalue weighted by molar-refractivity contribution is -0.113. The highest BCUT2D eigenvalue weighted by Gasteiger charge is 2.33. The number of fused-ring (bicyclic) bond motifs is 1. The third kappa shape index (κ3) is 1.56. The molecule has 0 amide bonds. The molecule has 1 heterocycles. The first kappa shape index (κ1) is 9.69. The van der Waals surface area contributed by atoms with Crippen molar-refractivity contribution >= 4 is 17.9 Å². The lowest BCUT2D eigenvalue weighted by Crippen LogP contribution is -2.39. The molecule has 0 fully saturated rings. The molecule has 0 N–H and O–H groups in total. The first-order valence-electron chi connectivity index (χ1n) is 4.60. The van der Waals surface area contributed by atoms with E-state index in [0.717, 1.165) is 19.4 Å². The van der Waals surface area contributed by atoms with Gasteiger partial charge in [-0.15, -0.1) is 0 Å². The van der Waals surface area contributed by atoms with Crippen molar-refractivity contribution in [1.82, 2.24) is 4.90 Å². The van der Waals surface area contributed by atoms with Crippen LogP contribution in [0.1, 0.15) is 18.1 Å². The van der Waals surface area contributed by atoms with E-state index in [9.17, 15) is 4.79 Å². The molecule has 1 aromatic rings. The van der Waals surface area contributed by atoms with Gasteiger partial charge in [-0.2, -0.15) is 0 Å². The summed E-state index contributed by atoms with van der Waals surface area (Å²) in [5, 5.41) is 0. The Kier molecular flexibility index (Phi) is 2.33. The smallest absolute Gasteiger partial charge is 0.155 e. The van der Waals surface area contributed by atoms with Gasteiger partial charge in [0.05, 0.1) is 0 Å². The fourth-order valence-electron chi connectivity index (χ4n) is 1.72. The molecule has 0 saturated heterocycles. The third-order valence-corrected chi connectivity index (χ3v) is 3.00. The maximum atomic E-state index is 10.8. The topological polar surface area (TPSA) is 20.3 Å². The Balaban J connectivity index is 2.23. The van der Waals surface area contributed by atoms with Crippen molar-refractivity contribution in [1.29, 1.82) is 0 Å². The second-order valence-electron chi connectivity index (χ2n) is 3.77. The van der Waals surface area contributed by atoms with Crippen molar-refractivity contribution in [3.63, 3.8) is 0 Å². The van der Waals surface area contributed by atoms with Crippen LogP contribution in [0.2, 0.25) is 0 Å². The zero-order chi connectivity index (χ0) is 10.2. The van der Waals surface area contributed by atoms with Crippen LogP contribution in [0.15, 0.2) is 24.3 Å². The van der Waals surface area contributed by atoms with E-state index in [4.69, 9.17) is 11.6 Å². The zero-order valence-corrected chi connectivity index (χ0v) is 8.79. The summed E-state index contributed by atoms with van der Waals surface area (Å²) >= 11 is 6.07. The highest BCUT2D eigenvalue weighted by molar-refractivity contribution is 6.30. The van der Waals surface area contributed by atoms with Gasteiger partial charge in [-0.05, 0) is 18.1 Å². The molecule has 1 aromatic carbocycles. The van der Waals surface area contributed by atoms with Crippen LogP contribution in [0, 0.1) is 0 Å². The van der Waals surface area contributed by atoms with Crippen molar-refractivity contribution in [2.75, 3.05) is 0 Å². The molecular formula is C11H12ClNO. The van der Waals surface area contributed by atoms with Crippen molar-refractivity contribution < 1.29 is 4.79 Å². The summed E-state index contributed by atoms with van der Waals surface area (Å²) in [5.41, 5.74) is 2.53. The standard InChI is InChI=1S/C11H12ClNO/c1-11(12,8-14)13-6-9-4-2-3-5-10(9)7-13/h2-5,8H,6-7H2,1H3. The SMILES string of the molecule is CC(Cl)(C=O)N1Cc2ccccc2C1. The van der Waals surface area contributed by atoms with Gasteiger partial charge in [-0.3, -0.25) is 9.69 Å². The molecule has 1 aliphatic heterocycles. The van der Waals surface area contributed by atoms with Crippen LogP contribution in [0.25, 0.3) is 0 Å². The number of aldehydes is 1. The molecule has 0 saturated carbocycles. The molecule has 2 rings (SSSR count). The minimum atomic E-state index is -0.876. The van der Waals surface area contributed by atoms with E-state index in [1.165, 1.54) is 11.1 Å². The second-order valence-corrected chi connectivity index (χ2v) is 4.53. The normalized spacial score (nSPS) is 20.1. The van der Waals surface area contributed by atoms with Gasteiger partial charge in [0.25, 0.3) is 0 Å². The Bertz CT molecular complexity index is 337. The van der Waals surface area contributed by atoms with Gasteiger partial charge in [0.1, 0.15) is 5.00 Å².